The molecule has 0 radical (unpaired) electrons. The summed E-state index contributed by atoms with van der Waals surface area (Å²) in [6, 6.07) is 10.1. The van der Waals surface area contributed by atoms with Crippen LogP contribution >= 0.6 is 23.2 Å². The molecule has 0 spiro atoms. The molecule has 5 nitrogen and oxygen atoms in total. The van der Waals surface area contributed by atoms with Crippen molar-refractivity contribution in [1.29, 1.82) is 0 Å². The third kappa shape index (κ3) is 4.87. The Balaban J connectivity index is 2.26. The van der Waals surface area contributed by atoms with Crippen molar-refractivity contribution in [3.8, 4) is 5.75 Å². The lowest BCUT2D eigenvalue weighted by Gasteiger charge is -2.23. The van der Waals surface area contributed by atoms with Crippen LogP contribution in [0.5, 0.6) is 5.75 Å². The van der Waals surface area contributed by atoms with E-state index in [1.54, 1.807) is 36.4 Å². The molecule has 2 aromatic rings. The molecule has 25 heavy (non-hydrogen) atoms. The molecule has 2 aromatic carbocycles. The molecular formula is C18H18Cl2N2O3. The second kappa shape index (κ2) is 8.23. The number of hydrogen-bond donors (Lipinski definition) is 1. The Hall–Kier alpha value is -2.24. The van der Waals surface area contributed by atoms with Gasteiger partial charge in [0.05, 0.1) is 12.8 Å². The van der Waals surface area contributed by atoms with Gasteiger partial charge in [0.2, 0.25) is 11.8 Å². The summed E-state index contributed by atoms with van der Waals surface area (Å²) in [5.41, 5.74) is 1.82. The minimum absolute atomic E-state index is 0.167. The Labute approximate surface area is 156 Å². The Bertz CT molecular complexity index is 809. The number of halogens is 2. The van der Waals surface area contributed by atoms with Crippen LogP contribution in [-0.4, -0.2) is 25.5 Å². The Kier molecular flexibility index (Phi) is 6.28. The van der Waals surface area contributed by atoms with E-state index in [0.29, 0.717) is 27.2 Å². The maximum absolute atomic E-state index is 12.3. The first-order chi connectivity index (χ1) is 11.8. The third-order valence-electron chi connectivity index (χ3n) is 3.54. The van der Waals surface area contributed by atoms with E-state index in [1.807, 2.05) is 6.92 Å². The highest BCUT2D eigenvalue weighted by molar-refractivity contribution is 6.31. The minimum atomic E-state index is -0.355. The zero-order valence-electron chi connectivity index (χ0n) is 14.1. The van der Waals surface area contributed by atoms with Crippen LogP contribution in [0.15, 0.2) is 36.4 Å². The maximum Gasteiger partial charge on any atom is 0.244 e. The fourth-order valence-corrected chi connectivity index (χ4v) is 2.64. The Morgan fingerprint density at radius 3 is 2.52 bits per heavy atom. The molecule has 132 valence electrons. The van der Waals surface area contributed by atoms with E-state index >= 15 is 0 Å². The second-order valence-corrected chi connectivity index (χ2v) is 6.28. The number of anilines is 2. The standard InChI is InChI=1S/C18H18Cl2N2O3/c1-11-7-16(17(25-3)9-15(11)20)22(12(2)23)10-18(24)21-14-6-4-5-13(19)8-14/h4-9H,10H2,1-3H3,(H,21,24). The van der Waals surface area contributed by atoms with Gasteiger partial charge in [-0.1, -0.05) is 29.3 Å². The predicted octanol–water partition coefficient (Wildman–Crippen LogP) is 4.30. The first-order valence-corrected chi connectivity index (χ1v) is 8.25. The van der Waals surface area contributed by atoms with Gasteiger partial charge in [0.15, 0.2) is 0 Å². The first-order valence-electron chi connectivity index (χ1n) is 7.49. The lowest BCUT2D eigenvalue weighted by atomic mass is 10.2. The number of aryl methyl sites for hydroxylation is 1. The molecule has 0 saturated heterocycles. The molecule has 0 fully saturated rings. The molecule has 1 N–H and O–H groups in total. The van der Waals surface area contributed by atoms with Gasteiger partial charge >= 0.3 is 0 Å². The van der Waals surface area contributed by atoms with Gasteiger partial charge in [0.1, 0.15) is 12.3 Å². The summed E-state index contributed by atoms with van der Waals surface area (Å²) >= 11 is 12.0. The number of rotatable bonds is 5. The molecular weight excluding hydrogens is 363 g/mol. The summed E-state index contributed by atoms with van der Waals surface area (Å²) in [5, 5.41) is 3.75. The summed E-state index contributed by atoms with van der Waals surface area (Å²) in [5.74, 6) is -0.227. The second-order valence-electron chi connectivity index (χ2n) is 5.44. The van der Waals surface area contributed by atoms with Gasteiger partial charge in [-0.05, 0) is 36.8 Å². The molecule has 0 atom stereocenters. The zero-order valence-corrected chi connectivity index (χ0v) is 15.6. The first kappa shape index (κ1) is 19.1. The Morgan fingerprint density at radius 1 is 1.20 bits per heavy atom. The number of carbonyl (C=O) groups is 2. The fraction of sp³-hybridized carbons (Fsp3) is 0.222. The molecule has 0 bridgehead atoms. The topological polar surface area (TPSA) is 58.6 Å². The average molecular weight is 381 g/mol. The summed E-state index contributed by atoms with van der Waals surface area (Å²) in [6.45, 7) is 3.03. The smallest absolute Gasteiger partial charge is 0.244 e. The SMILES string of the molecule is COc1cc(Cl)c(C)cc1N(CC(=O)Nc1cccc(Cl)c1)C(C)=O. The molecule has 0 unspecified atom stereocenters. The lowest BCUT2D eigenvalue weighted by Crippen LogP contribution is -2.37. The number of methoxy groups -OCH3 is 1. The van der Waals surface area contributed by atoms with Gasteiger partial charge in [-0.2, -0.15) is 0 Å². The van der Waals surface area contributed by atoms with Crippen LogP contribution in [0, 0.1) is 6.92 Å². The maximum atomic E-state index is 12.3. The quantitative estimate of drug-likeness (QED) is 0.840. The molecule has 0 aliphatic rings. The summed E-state index contributed by atoms with van der Waals surface area (Å²) in [6.07, 6.45) is 0. The highest BCUT2D eigenvalue weighted by atomic mass is 35.5. The molecule has 0 aliphatic heterocycles. The van der Waals surface area contributed by atoms with E-state index in [4.69, 9.17) is 27.9 Å². The predicted molar refractivity (Wildman–Crippen MR) is 101 cm³/mol. The van der Waals surface area contributed by atoms with Gasteiger partial charge in [-0.25, -0.2) is 0 Å². The van der Waals surface area contributed by atoms with Gasteiger partial charge in [-0.3, -0.25) is 14.5 Å². The highest BCUT2D eigenvalue weighted by Gasteiger charge is 2.21. The minimum Gasteiger partial charge on any atom is -0.495 e. The van der Waals surface area contributed by atoms with Crippen molar-refractivity contribution in [2.24, 2.45) is 0 Å². The third-order valence-corrected chi connectivity index (χ3v) is 4.18. The van der Waals surface area contributed by atoms with Crippen LogP contribution in [0.3, 0.4) is 0 Å². The summed E-state index contributed by atoms with van der Waals surface area (Å²) < 4.78 is 5.30. The zero-order chi connectivity index (χ0) is 18.6. The summed E-state index contributed by atoms with van der Waals surface area (Å²) in [4.78, 5) is 25.8. The number of ether oxygens (including phenoxy) is 1. The number of benzene rings is 2. The lowest BCUT2D eigenvalue weighted by molar-refractivity contribution is -0.120. The van der Waals surface area contributed by atoms with E-state index in [0.717, 1.165) is 5.56 Å². The molecule has 7 heteroatoms. The van der Waals surface area contributed by atoms with E-state index in [-0.39, 0.29) is 18.4 Å². The normalized spacial score (nSPS) is 10.3. The van der Waals surface area contributed by atoms with Crippen LogP contribution in [0.1, 0.15) is 12.5 Å². The molecule has 0 heterocycles. The van der Waals surface area contributed by atoms with Gasteiger partial charge < -0.3 is 10.1 Å². The number of nitrogens with zero attached hydrogens (tertiary/aromatic N) is 1. The molecule has 0 aliphatic carbocycles. The van der Waals surface area contributed by atoms with Gasteiger partial charge in [-0.15, -0.1) is 0 Å². The molecule has 0 saturated carbocycles. The van der Waals surface area contributed by atoms with Crippen molar-refractivity contribution in [3.63, 3.8) is 0 Å². The van der Waals surface area contributed by atoms with Crippen molar-refractivity contribution in [1.82, 2.24) is 0 Å². The van der Waals surface area contributed by atoms with Crippen molar-refractivity contribution < 1.29 is 14.3 Å². The number of hydrogen-bond acceptors (Lipinski definition) is 3. The molecule has 2 rings (SSSR count). The van der Waals surface area contributed by atoms with Crippen LogP contribution < -0.4 is 15.0 Å². The van der Waals surface area contributed by atoms with E-state index in [1.165, 1.54) is 18.9 Å². The molecule has 2 amide bonds. The van der Waals surface area contributed by atoms with E-state index in [9.17, 15) is 9.59 Å². The van der Waals surface area contributed by atoms with E-state index < -0.39 is 0 Å². The average Bonchev–Trinajstić information content (AvgIpc) is 2.54. The summed E-state index contributed by atoms with van der Waals surface area (Å²) in [7, 11) is 1.48. The molecule has 0 aromatic heterocycles. The van der Waals surface area contributed by atoms with Gasteiger partial charge in [0, 0.05) is 28.7 Å². The number of carbonyl (C=O) groups excluding carboxylic acids is 2. The van der Waals surface area contributed by atoms with Crippen LogP contribution in [-0.2, 0) is 9.59 Å². The number of amides is 2. The fourth-order valence-electron chi connectivity index (χ4n) is 2.30. The largest absolute Gasteiger partial charge is 0.495 e. The van der Waals surface area contributed by atoms with Crippen LogP contribution in [0.2, 0.25) is 10.0 Å². The highest BCUT2D eigenvalue weighted by Crippen LogP contribution is 2.34. The van der Waals surface area contributed by atoms with E-state index in [2.05, 4.69) is 5.32 Å². The number of nitrogens with one attached hydrogen (secondary N) is 1. The van der Waals surface area contributed by atoms with Crippen molar-refractivity contribution in [2.75, 3.05) is 23.9 Å². The van der Waals surface area contributed by atoms with Crippen molar-refractivity contribution >= 4 is 46.4 Å². The van der Waals surface area contributed by atoms with Crippen molar-refractivity contribution in [2.45, 2.75) is 13.8 Å². The van der Waals surface area contributed by atoms with Crippen LogP contribution in [0.4, 0.5) is 11.4 Å². The van der Waals surface area contributed by atoms with Gasteiger partial charge in [0.25, 0.3) is 0 Å². The Morgan fingerprint density at radius 2 is 1.92 bits per heavy atom. The van der Waals surface area contributed by atoms with Crippen LogP contribution in [0.25, 0.3) is 0 Å². The monoisotopic (exact) mass is 380 g/mol. The van der Waals surface area contributed by atoms with Crippen molar-refractivity contribution in [3.05, 3.63) is 52.0 Å².